The highest BCUT2D eigenvalue weighted by atomic mass is 16.5. The van der Waals surface area contributed by atoms with Crippen molar-refractivity contribution in [3.63, 3.8) is 0 Å². The fraction of sp³-hybridized carbons (Fsp3) is 0.529. The third-order valence-electron chi connectivity index (χ3n) is 3.27. The molecule has 0 fully saturated rings. The van der Waals surface area contributed by atoms with Gasteiger partial charge in [0.15, 0.2) is 0 Å². The topological polar surface area (TPSA) is 84.5 Å². The van der Waals surface area contributed by atoms with Crippen LogP contribution < -0.4 is 9.47 Å². The zero-order valence-electron chi connectivity index (χ0n) is 14.0. The van der Waals surface area contributed by atoms with Crippen molar-refractivity contribution in [2.24, 2.45) is 0 Å². The van der Waals surface area contributed by atoms with Gasteiger partial charge in [0.05, 0.1) is 19.3 Å². The van der Waals surface area contributed by atoms with Crippen LogP contribution in [0.5, 0.6) is 11.5 Å². The van der Waals surface area contributed by atoms with Crippen molar-refractivity contribution in [1.29, 1.82) is 10.5 Å². The van der Waals surface area contributed by atoms with Gasteiger partial charge in [-0.2, -0.15) is 10.5 Å². The molecule has 0 amide bonds. The monoisotopic (exact) mass is 318 g/mol. The van der Waals surface area contributed by atoms with Crippen molar-refractivity contribution in [3.8, 4) is 23.6 Å². The van der Waals surface area contributed by atoms with Gasteiger partial charge in [-0.05, 0) is 26.0 Å². The first-order chi connectivity index (χ1) is 11.1. The quantitative estimate of drug-likeness (QED) is 0.696. The number of rotatable bonds is 9. The lowest BCUT2D eigenvalue weighted by atomic mass is 10.1. The molecule has 0 aromatic heterocycles. The molecule has 0 radical (unpaired) electrons. The van der Waals surface area contributed by atoms with Crippen LogP contribution in [0.15, 0.2) is 12.1 Å². The number of ether oxygens (including phenoxy) is 4. The highest BCUT2D eigenvalue weighted by Crippen LogP contribution is 2.30. The Labute approximate surface area is 137 Å². The molecule has 0 aliphatic heterocycles. The first-order valence-electron chi connectivity index (χ1n) is 7.35. The summed E-state index contributed by atoms with van der Waals surface area (Å²) in [6.07, 6.45) is 0.522. The van der Waals surface area contributed by atoms with E-state index in [-0.39, 0.29) is 23.3 Å². The second-order valence-electron chi connectivity index (χ2n) is 5.10. The van der Waals surface area contributed by atoms with Crippen molar-refractivity contribution >= 4 is 0 Å². The zero-order chi connectivity index (χ0) is 17.2. The Bertz CT molecular complexity index is 589. The van der Waals surface area contributed by atoms with E-state index in [4.69, 9.17) is 18.9 Å². The maximum absolute atomic E-state index is 9.36. The van der Waals surface area contributed by atoms with E-state index >= 15 is 0 Å². The Hall–Kier alpha value is -2.28. The van der Waals surface area contributed by atoms with E-state index in [9.17, 15) is 10.5 Å². The lowest BCUT2D eigenvalue weighted by molar-refractivity contribution is 0.0914. The Morgan fingerprint density at radius 2 is 1.61 bits per heavy atom. The Balaban J connectivity index is 2.95. The minimum absolute atomic E-state index is 0.0634. The van der Waals surface area contributed by atoms with Gasteiger partial charge in [0.2, 0.25) is 0 Å². The fourth-order valence-corrected chi connectivity index (χ4v) is 1.94. The fourth-order valence-electron chi connectivity index (χ4n) is 1.94. The Morgan fingerprint density at radius 3 is 2.17 bits per heavy atom. The molecule has 1 rings (SSSR count). The summed E-state index contributed by atoms with van der Waals surface area (Å²) in [5.74, 6) is 0.727. The van der Waals surface area contributed by atoms with Crippen LogP contribution in [0.3, 0.4) is 0 Å². The molecule has 0 aliphatic carbocycles. The molecule has 0 spiro atoms. The van der Waals surface area contributed by atoms with E-state index in [1.165, 1.54) is 0 Å². The van der Waals surface area contributed by atoms with Crippen LogP contribution >= 0.6 is 0 Å². The Kier molecular flexibility index (Phi) is 7.90. The molecule has 0 aliphatic rings. The van der Waals surface area contributed by atoms with Gasteiger partial charge in [0.25, 0.3) is 0 Å². The summed E-state index contributed by atoms with van der Waals surface area (Å²) in [4.78, 5) is 0. The summed E-state index contributed by atoms with van der Waals surface area (Å²) in [6, 6.07) is 7.33. The molecule has 2 atom stereocenters. The summed E-state index contributed by atoms with van der Waals surface area (Å²) in [5, 5.41) is 18.7. The SMILES string of the molecule is COCC(C)Oc1ccc(OCCC(C)OC)c(C#N)c1C#N. The zero-order valence-corrected chi connectivity index (χ0v) is 14.0. The van der Waals surface area contributed by atoms with Crippen molar-refractivity contribution < 1.29 is 18.9 Å². The van der Waals surface area contributed by atoms with E-state index < -0.39 is 0 Å². The molecule has 0 saturated carbocycles. The van der Waals surface area contributed by atoms with Crippen LogP contribution in [-0.2, 0) is 9.47 Å². The van der Waals surface area contributed by atoms with E-state index in [1.807, 2.05) is 26.0 Å². The number of benzene rings is 1. The molecule has 2 unspecified atom stereocenters. The number of hydrogen-bond acceptors (Lipinski definition) is 6. The molecule has 0 heterocycles. The number of nitrogens with zero attached hydrogens (tertiary/aromatic N) is 2. The van der Waals surface area contributed by atoms with Crippen molar-refractivity contribution in [2.45, 2.75) is 32.5 Å². The molecule has 0 bridgehead atoms. The summed E-state index contributed by atoms with van der Waals surface area (Å²) in [7, 11) is 3.20. The van der Waals surface area contributed by atoms with E-state index in [0.29, 0.717) is 31.1 Å². The summed E-state index contributed by atoms with van der Waals surface area (Å²) in [6.45, 7) is 4.55. The molecule has 23 heavy (non-hydrogen) atoms. The third-order valence-corrected chi connectivity index (χ3v) is 3.27. The highest BCUT2D eigenvalue weighted by molar-refractivity contribution is 5.60. The van der Waals surface area contributed by atoms with Crippen LogP contribution in [0.4, 0.5) is 0 Å². The molecule has 6 heteroatoms. The Morgan fingerprint density at radius 1 is 1.00 bits per heavy atom. The second kappa shape index (κ2) is 9.68. The van der Waals surface area contributed by atoms with Crippen molar-refractivity contribution in [1.82, 2.24) is 0 Å². The van der Waals surface area contributed by atoms with Gasteiger partial charge in [0.1, 0.15) is 40.9 Å². The van der Waals surface area contributed by atoms with E-state index in [0.717, 1.165) is 0 Å². The van der Waals surface area contributed by atoms with Crippen molar-refractivity contribution in [3.05, 3.63) is 23.3 Å². The van der Waals surface area contributed by atoms with Crippen LogP contribution in [0.1, 0.15) is 31.4 Å². The van der Waals surface area contributed by atoms with Crippen LogP contribution in [0, 0.1) is 22.7 Å². The average molecular weight is 318 g/mol. The summed E-state index contributed by atoms with van der Waals surface area (Å²) >= 11 is 0. The molecule has 0 N–H and O–H groups in total. The predicted octanol–water partition coefficient (Wildman–Crippen LogP) is 2.65. The number of methoxy groups -OCH3 is 2. The smallest absolute Gasteiger partial charge is 0.139 e. The minimum atomic E-state index is -0.229. The molecule has 1 aromatic carbocycles. The average Bonchev–Trinajstić information content (AvgIpc) is 2.55. The van der Waals surface area contributed by atoms with Crippen LogP contribution in [0.2, 0.25) is 0 Å². The van der Waals surface area contributed by atoms with E-state index in [2.05, 4.69) is 0 Å². The molecular formula is C17H22N2O4. The maximum atomic E-state index is 9.36. The van der Waals surface area contributed by atoms with E-state index in [1.54, 1.807) is 26.4 Å². The normalized spacial score (nSPS) is 12.8. The molecular weight excluding hydrogens is 296 g/mol. The van der Waals surface area contributed by atoms with Gasteiger partial charge in [-0.1, -0.05) is 0 Å². The van der Waals surface area contributed by atoms with Gasteiger partial charge in [0, 0.05) is 20.6 Å². The van der Waals surface area contributed by atoms with Gasteiger partial charge in [-0.15, -0.1) is 0 Å². The van der Waals surface area contributed by atoms with Gasteiger partial charge in [-0.25, -0.2) is 0 Å². The lowest BCUT2D eigenvalue weighted by Crippen LogP contribution is -2.18. The standard InChI is InChI=1S/C17H22N2O4/c1-12(21-4)7-8-22-16-5-6-17(23-13(2)11-20-3)15(10-19)14(16)9-18/h5-6,12-13H,7-8,11H2,1-4H3. The summed E-state index contributed by atoms with van der Waals surface area (Å²) < 4.78 is 21.4. The third kappa shape index (κ3) is 5.45. The molecule has 124 valence electrons. The molecule has 0 saturated heterocycles. The molecule has 1 aromatic rings. The molecule has 6 nitrogen and oxygen atoms in total. The van der Waals surface area contributed by atoms with Crippen LogP contribution in [-0.4, -0.2) is 39.6 Å². The van der Waals surface area contributed by atoms with Gasteiger partial charge < -0.3 is 18.9 Å². The summed E-state index contributed by atoms with van der Waals surface area (Å²) in [5.41, 5.74) is 0.354. The largest absolute Gasteiger partial charge is 0.492 e. The predicted molar refractivity (Wildman–Crippen MR) is 84.4 cm³/mol. The first-order valence-corrected chi connectivity index (χ1v) is 7.35. The highest BCUT2D eigenvalue weighted by Gasteiger charge is 2.17. The van der Waals surface area contributed by atoms with Crippen molar-refractivity contribution in [2.75, 3.05) is 27.4 Å². The van der Waals surface area contributed by atoms with Gasteiger partial charge >= 0.3 is 0 Å². The van der Waals surface area contributed by atoms with Gasteiger partial charge in [-0.3, -0.25) is 0 Å². The minimum Gasteiger partial charge on any atom is -0.492 e. The number of nitriles is 2. The number of hydrogen-bond donors (Lipinski definition) is 0. The lowest BCUT2D eigenvalue weighted by Gasteiger charge is -2.17. The second-order valence-corrected chi connectivity index (χ2v) is 5.10. The van der Waals surface area contributed by atoms with Crippen LogP contribution in [0.25, 0.3) is 0 Å². The first kappa shape index (κ1) is 18.8. The maximum Gasteiger partial charge on any atom is 0.139 e.